The molecule has 0 aliphatic heterocycles. The molecule has 4 aromatic carbocycles. The zero-order valence-corrected chi connectivity index (χ0v) is 13.0. The highest BCUT2D eigenvalue weighted by atomic mass is 14.0. The highest BCUT2D eigenvalue weighted by molar-refractivity contribution is 5.89. The molecule has 0 saturated carbocycles. The van der Waals surface area contributed by atoms with Crippen molar-refractivity contribution in [2.24, 2.45) is 0 Å². The number of hydrogen-bond donors (Lipinski definition) is 0. The maximum absolute atomic E-state index is 3.36. The molecular weight excluding hydrogens is 276 g/mol. The molecule has 4 rings (SSSR count). The summed E-state index contributed by atoms with van der Waals surface area (Å²) in [4.78, 5) is 0. The molecule has 0 heterocycles. The Balaban J connectivity index is 1.85. The summed E-state index contributed by atoms with van der Waals surface area (Å²) >= 11 is 0. The van der Waals surface area contributed by atoms with E-state index in [1.54, 1.807) is 0 Å². The lowest BCUT2D eigenvalue weighted by molar-refractivity contribution is 1.49. The van der Waals surface area contributed by atoms with Crippen LogP contribution < -0.4 is 0 Å². The molecule has 0 saturated heterocycles. The van der Waals surface area contributed by atoms with Gasteiger partial charge in [0, 0.05) is 11.1 Å². The van der Waals surface area contributed by atoms with Crippen LogP contribution in [0.2, 0.25) is 0 Å². The van der Waals surface area contributed by atoms with Gasteiger partial charge in [-0.3, -0.25) is 0 Å². The molecule has 0 heteroatoms. The van der Waals surface area contributed by atoms with E-state index in [0.29, 0.717) is 0 Å². The molecular formula is C23H16. The Hall–Kier alpha value is -3.04. The van der Waals surface area contributed by atoms with E-state index in [-0.39, 0.29) is 0 Å². The monoisotopic (exact) mass is 292 g/mol. The lowest BCUT2D eigenvalue weighted by Crippen LogP contribution is -1.85. The summed E-state index contributed by atoms with van der Waals surface area (Å²) in [5, 5.41) is 4.98. The second-order valence-electron chi connectivity index (χ2n) is 5.74. The molecule has 0 nitrogen and oxygen atoms in total. The molecule has 0 bridgehead atoms. The number of benzene rings is 4. The van der Waals surface area contributed by atoms with Gasteiger partial charge in [0.15, 0.2) is 0 Å². The normalized spacial score (nSPS) is 10.5. The molecule has 0 atom stereocenters. The van der Waals surface area contributed by atoms with E-state index in [0.717, 1.165) is 11.1 Å². The highest BCUT2D eigenvalue weighted by Gasteiger charge is 2.01. The van der Waals surface area contributed by atoms with Crippen LogP contribution in [0.3, 0.4) is 0 Å². The third-order valence-electron chi connectivity index (χ3n) is 4.32. The van der Waals surface area contributed by atoms with Crippen molar-refractivity contribution in [3.05, 3.63) is 95.6 Å². The summed E-state index contributed by atoms with van der Waals surface area (Å²) in [6, 6.07) is 27.4. The minimum Gasteiger partial charge on any atom is -0.0616 e. The van der Waals surface area contributed by atoms with E-state index in [4.69, 9.17) is 0 Å². The first-order chi connectivity index (χ1) is 11.3. The first kappa shape index (κ1) is 13.6. The molecule has 0 radical (unpaired) electrons. The summed E-state index contributed by atoms with van der Waals surface area (Å²) in [6.45, 7) is 2.15. The Morgan fingerprint density at radius 3 is 1.96 bits per heavy atom. The van der Waals surface area contributed by atoms with Crippen molar-refractivity contribution in [2.45, 2.75) is 6.92 Å². The fraction of sp³-hybridized carbons (Fsp3) is 0.0435. The number of aryl methyl sites for hydroxylation is 1. The average Bonchev–Trinajstić information content (AvgIpc) is 2.61. The van der Waals surface area contributed by atoms with Gasteiger partial charge in [0.1, 0.15) is 0 Å². The van der Waals surface area contributed by atoms with Crippen molar-refractivity contribution >= 4 is 21.5 Å². The predicted octanol–water partition coefficient (Wildman–Crippen LogP) is 5.70. The quantitative estimate of drug-likeness (QED) is 0.365. The minimum atomic E-state index is 1.08. The van der Waals surface area contributed by atoms with Crippen LogP contribution >= 0.6 is 0 Å². The smallest absolute Gasteiger partial charge is 0.0327 e. The van der Waals surface area contributed by atoms with Gasteiger partial charge < -0.3 is 0 Å². The maximum Gasteiger partial charge on any atom is 0.0327 e. The van der Waals surface area contributed by atoms with E-state index in [1.165, 1.54) is 27.1 Å². The van der Waals surface area contributed by atoms with Crippen molar-refractivity contribution in [1.29, 1.82) is 0 Å². The third-order valence-corrected chi connectivity index (χ3v) is 4.32. The standard InChI is InChI=1S/C23H16/c1-17-18(13-15-20-8-2-4-11-22(17)20)14-16-21-10-6-9-19-7-3-5-12-23(19)21/h2-13,15H,1H3. The predicted molar refractivity (Wildman–Crippen MR) is 98.6 cm³/mol. The third kappa shape index (κ3) is 2.47. The highest BCUT2D eigenvalue weighted by Crippen LogP contribution is 2.22. The van der Waals surface area contributed by atoms with E-state index >= 15 is 0 Å². The van der Waals surface area contributed by atoms with E-state index in [2.05, 4.69) is 97.6 Å². The number of fused-ring (bicyclic) bond motifs is 2. The first-order valence-corrected chi connectivity index (χ1v) is 7.81. The molecule has 0 aromatic heterocycles. The van der Waals surface area contributed by atoms with Crippen LogP contribution in [0.5, 0.6) is 0 Å². The van der Waals surface area contributed by atoms with Gasteiger partial charge in [0.2, 0.25) is 0 Å². The molecule has 0 aliphatic rings. The SMILES string of the molecule is Cc1c(C#Cc2cccc3ccccc23)ccc2ccccc12. The van der Waals surface area contributed by atoms with Gasteiger partial charge in [-0.15, -0.1) is 0 Å². The summed E-state index contributed by atoms with van der Waals surface area (Å²) in [6.07, 6.45) is 0. The Bertz CT molecular complexity index is 1070. The topological polar surface area (TPSA) is 0 Å². The van der Waals surface area contributed by atoms with E-state index in [9.17, 15) is 0 Å². The second kappa shape index (κ2) is 5.63. The van der Waals surface area contributed by atoms with Gasteiger partial charge in [-0.2, -0.15) is 0 Å². The van der Waals surface area contributed by atoms with Crippen molar-refractivity contribution in [1.82, 2.24) is 0 Å². The second-order valence-corrected chi connectivity index (χ2v) is 5.74. The zero-order valence-electron chi connectivity index (χ0n) is 13.0. The van der Waals surface area contributed by atoms with Crippen LogP contribution in [-0.2, 0) is 0 Å². The van der Waals surface area contributed by atoms with E-state index in [1.807, 2.05) is 0 Å². The average molecular weight is 292 g/mol. The van der Waals surface area contributed by atoms with Crippen LogP contribution in [0.25, 0.3) is 21.5 Å². The maximum atomic E-state index is 3.36. The molecule has 23 heavy (non-hydrogen) atoms. The van der Waals surface area contributed by atoms with Crippen LogP contribution in [-0.4, -0.2) is 0 Å². The van der Waals surface area contributed by atoms with Gasteiger partial charge in [0.05, 0.1) is 0 Å². The minimum absolute atomic E-state index is 1.08. The summed E-state index contributed by atoms with van der Waals surface area (Å²) in [7, 11) is 0. The molecule has 0 fully saturated rings. The molecule has 4 aromatic rings. The lowest BCUT2D eigenvalue weighted by Gasteiger charge is -2.04. The van der Waals surface area contributed by atoms with Crippen LogP contribution in [0, 0.1) is 18.8 Å². The van der Waals surface area contributed by atoms with Crippen molar-refractivity contribution < 1.29 is 0 Å². The summed E-state index contributed by atoms with van der Waals surface area (Å²) in [5.74, 6) is 6.72. The Morgan fingerprint density at radius 1 is 0.522 bits per heavy atom. The molecule has 0 amide bonds. The fourth-order valence-electron chi connectivity index (χ4n) is 3.03. The van der Waals surface area contributed by atoms with Gasteiger partial charge >= 0.3 is 0 Å². The van der Waals surface area contributed by atoms with Crippen molar-refractivity contribution in [3.8, 4) is 11.8 Å². The fourth-order valence-corrected chi connectivity index (χ4v) is 3.03. The van der Waals surface area contributed by atoms with Gasteiger partial charge in [-0.05, 0) is 46.2 Å². The molecule has 0 unspecified atom stereocenters. The van der Waals surface area contributed by atoms with Crippen LogP contribution in [0.4, 0.5) is 0 Å². The molecule has 0 spiro atoms. The Morgan fingerprint density at radius 2 is 1.13 bits per heavy atom. The molecule has 0 aliphatic carbocycles. The molecule has 0 N–H and O–H groups in total. The summed E-state index contributed by atoms with van der Waals surface area (Å²) < 4.78 is 0. The van der Waals surface area contributed by atoms with Crippen LogP contribution in [0.1, 0.15) is 16.7 Å². The Kier molecular flexibility index (Phi) is 3.33. The first-order valence-electron chi connectivity index (χ1n) is 7.81. The lowest BCUT2D eigenvalue weighted by atomic mass is 9.99. The van der Waals surface area contributed by atoms with Crippen LogP contribution in [0.15, 0.2) is 78.9 Å². The van der Waals surface area contributed by atoms with E-state index < -0.39 is 0 Å². The number of hydrogen-bond acceptors (Lipinski definition) is 0. The molecule has 108 valence electrons. The van der Waals surface area contributed by atoms with Crippen molar-refractivity contribution in [2.75, 3.05) is 0 Å². The van der Waals surface area contributed by atoms with Gasteiger partial charge in [-0.25, -0.2) is 0 Å². The zero-order chi connectivity index (χ0) is 15.6. The number of rotatable bonds is 0. The largest absolute Gasteiger partial charge is 0.0616 e. The van der Waals surface area contributed by atoms with Gasteiger partial charge in [0.25, 0.3) is 0 Å². The van der Waals surface area contributed by atoms with Gasteiger partial charge in [-0.1, -0.05) is 78.6 Å². The van der Waals surface area contributed by atoms with Crippen molar-refractivity contribution in [3.63, 3.8) is 0 Å². The Labute approximate surface area is 136 Å². The summed E-state index contributed by atoms with van der Waals surface area (Å²) in [5.41, 5.74) is 3.42.